The van der Waals surface area contributed by atoms with Gasteiger partial charge in [0.15, 0.2) is 0 Å². The van der Waals surface area contributed by atoms with E-state index in [2.05, 4.69) is 58.9 Å². The molecular formula is C25H30O2. The molecule has 0 spiro atoms. The van der Waals surface area contributed by atoms with Crippen molar-refractivity contribution in [1.29, 1.82) is 0 Å². The summed E-state index contributed by atoms with van der Waals surface area (Å²) < 4.78 is 0. The third-order valence-corrected chi connectivity index (χ3v) is 6.15. The molecular weight excluding hydrogens is 332 g/mol. The van der Waals surface area contributed by atoms with Gasteiger partial charge in [-0.05, 0) is 77.0 Å². The summed E-state index contributed by atoms with van der Waals surface area (Å²) >= 11 is 0. The Balaban J connectivity index is 1.86. The lowest BCUT2D eigenvalue weighted by Gasteiger charge is -2.42. The lowest BCUT2D eigenvalue weighted by molar-refractivity contribution is 0.0697. The molecule has 0 aromatic heterocycles. The predicted molar refractivity (Wildman–Crippen MR) is 112 cm³/mol. The molecule has 0 saturated heterocycles. The van der Waals surface area contributed by atoms with Crippen molar-refractivity contribution in [2.75, 3.05) is 0 Å². The highest BCUT2D eigenvalue weighted by Gasteiger charge is 2.36. The third-order valence-electron chi connectivity index (χ3n) is 6.15. The number of allylic oxidation sites excluding steroid dienone is 2. The zero-order chi connectivity index (χ0) is 19.8. The van der Waals surface area contributed by atoms with Crippen LogP contribution in [0.4, 0.5) is 0 Å². The van der Waals surface area contributed by atoms with Crippen molar-refractivity contribution in [3.63, 3.8) is 0 Å². The quantitative estimate of drug-likeness (QED) is 0.685. The molecule has 142 valence electrons. The van der Waals surface area contributed by atoms with Gasteiger partial charge in [0.1, 0.15) is 0 Å². The van der Waals surface area contributed by atoms with Crippen LogP contribution in [0, 0.1) is 0 Å². The zero-order valence-corrected chi connectivity index (χ0v) is 17.1. The molecule has 0 fully saturated rings. The smallest absolute Gasteiger partial charge is 0.335 e. The average Bonchev–Trinajstić information content (AvgIpc) is 2.63. The Bertz CT molecular complexity index is 883. The summed E-state index contributed by atoms with van der Waals surface area (Å²) in [5.74, 6) is -0.882. The number of aromatic carboxylic acids is 1. The standard InChI is InChI=1S/C25H30O2/c1-17(6-7-18-8-10-19(11-9-18)23(26)27)20-12-13-21-22(16-20)25(4,5)15-14-24(21,2)3/h6,8-13,16H,7,14-15H2,1-5H3,(H,26,27)/b17-6-. The summed E-state index contributed by atoms with van der Waals surface area (Å²) in [6.45, 7) is 11.6. The molecule has 2 aromatic carbocycles. The van der Waals surface area contributed by atoms with Gasteiger partial charge in [0.05, 0.1) is 5.56 Å². The summed E-state index contributed by atoms with van der Waals surface area (Å²) in [4.78, 5) is 11.0. The van der Waals surface area contributed by atoms with E-state index in [1.54, 1.807) is 12.1 Å². The van der Waals surface area contributed by atoms with Crippen LogP contribution in [0.5, 0.6) is 0 Å². The Labute approximate surface area is 162 Å². The number of carbonyl (C=O) groups is 1. The van der Waals surface area contributed by atoms with Crippen molar-refractivity contribution in [2.24, 2.45) is 0 Å². The van der Waals surface area contributed by atoms with Gasteiger partial charge in [-0.3, -0.25) is 0 Å². The highest BCUT2D eigenvalue weighted by atomic mass is 16.4. The van der Waals surface area contributed by atoms with E-state index in [0.29, 0.717) is 5.56 Å². The topological polar surface area (TPSA) is 37.3 Å². The second-order valence-corrected chi connectivity index (χ2v) is 9.12. The van der Waals surface area contributed by atoms with Gasteiger partial charge in [-0.15, -0.1) is 0 Å². The van der Waals surface area contributed by atoms with E-state index in [9.17, 15) is 4.79 Å². The fourth-order valence-electron chi connectivity index (χ4n) is 4.01. The number of fused-ring (bicyclic) bond motifs is 1. The van der Waals surface area contributed by atoms with Crippen molar-refractivity contribution >= 4 is 11.5 Å². The molecule has 2 heteroatoms. The third kappa shape index (κ3) is 4.00. The van der Waals surface area contributed by atoms with E-state index in [4.69, 9.17) is 5.11 Å². The van der Waals surface area contributed by atoms with Gasteiger partial charge in [0.2, 0.25) is 0 Å². The van der Waals surface area contributed by atoms with Crippen LogP contribution >= 0.6 is 0 Å². The first-order chi connectivity index (χ1) is 12.6. The maximum absolute atomic E-state index is 11.0. The molecule has 2 aromatic rings. The number of rotatable bonds is 4. The minimum Gasteiger partial charge on any atom is -0.478 e. The first kappa shape index (κ1) is 19.4. The number of carboxylic acid groups (broad SMARTS) is 1. The van der Waals surface area contributed by atoms with Crippen LogP contribution in [0.1, 0.15) is 80.1 Å². The van der Waals surface area contributed by atoms with Gasteiger partial charge in [-0.2, -0.15) is 0 Å². The van der Waals surface area contributed by atoms with Crippen LogP contribution < -0.4 is 0 Å². The van der Waals surface area contributed by atoms with E-state index in [-0.39, 0.29) is 10.8 Å². The predicted octanol–water partition coefficient (Wildman–Crippen LogP) is 6.38. The number of hydrogen-bond donors (Lipinski definition) is 1. The monoisotopic (exact) mass is 362 g/mol. The Hall–Kier alpha value is -2.35. The first-order valence-electron chi connectivity index (χ1n) is 9.74. The van der Waals surface area contributed by atoms with Crippen LogP contribution in [-0.2, 0) is 17.3 Å². The van der Waals surface area contributed by atoms with Gasteiger partial charge in [0, 0.05) is 0 Å². The molecule has 1 aliphatic carbocycles. The molecule has 2 nitrogen and oxygen atoms in total. The fraction of sp³-hybridized carbons (Fsp3) is 0.400. The summed E-state index contributed by atoms with van der Waals surface area (Å²) in [6, 6.07) is 14.1. The minimum absolute atomic E-state index is 0.216. The Morgan fingerprint density at radius 2 is 1.48 bits per heavy atom. The summed E-state index contributed by atoms with van der Waals surface area (Å²) in [5, 5.41) is 9.01. The molecule has 0 unspecified atom stereocenters. The Morgan fingerprint density at radius 1 is 0.926 bits per heavy atom. The van der Waals surface area contributed by atoms with E-state index in [1.165, 1.54) is 35.1 Å². The van der Waals surface area contributed by atoms with Crippen LogP contribution in [-0.4, -0.2) is 11.1 Å². The lowest BCUT2D eigenvalue weighted by Crippen LogP contribution is -2.33. The average molecular weight is 363 g/mol. The van der Waals surface area contributed by atoms with Crippen LogP contribution in [0.3, 0.4) is 0 Å². The largest absolute Gasteiger partial charge is 0.478 e. The first-order valence-corrected chi connectivity index (χ1v) is 9.74. The van der Waals surface area contributed by atoms with Crippen LogP contribution in [0.15, 0.2) is 48.5 Å². The molecule has 0 saturated carbocycles. The molecule has 1 aliphatic rings. The normalized spacial score (nSPS) is 18.0. The minimum atomic E-state index is -0.882. The van der Waals surface area contributed by atoms with Gasteiger partial charge in [-0.25, -0.2) is 4.79 Å². The number of benzene rings is 2. The van der Waals surface area contributed by atoms with Gasteiger partial charge < -0.3 is 5.11 Å². The highest BCUT2D eigenvalue weighted by Crippen LogP contribution is 2.46. The molecule has 0 bridgehead atoms. The molecule has 3 rings (SSSR count). The van der Waals surface area contributed by atoms with Crippen molar-refractivity contribution in [2.45, 2.75) is 64.7 Å². The zero-order valence-electron chi connectivity index (χ0n) is 17.1. The maximum Gasteiger partial charge on any atom is 0.335 e. The summed E-state index contributed by atoms with van der Waals surface area (Å²) in [6.07, 6.45) is 5.48. The Morgan fingerprint density at radius 3 is 2.07 bits per heavy atom. The van der Waals surface area contributed by atoms with Crippen LogP contribution in [0.2, 0.25) is 0 Å². The summed E-state index contributed by atoms with van der Waals surface area (Å²) in [7, 11) is 0. The van der Waals surface area contributed by atoms with Crippen LogP contribution in [0.25, 0.3) is 5.57 Å². The number of carboxylic acids is 1. The van der Waals surface area contributed by atoms with E-state index >= 15 is 0 Å². The van der Waals surface area contributed by atoms with Gasteiger partial charge in [0.25, 0.3) is 0 Å². The highest BCUT2D eigenvalue weighted by molar-refractivity contribution is 5.87. The molecule has 27 heavy (non-hydrogen) atoms. The lowest BCUT2D eigenvalue weighted by atomic mass is 9.63. The molecule has 0 heterocycles. The van der Waals surface area contributed by atoms with Gasteiger partial charge in [-0.1, -0.05) is 64.1 Å². The molecule has 0 atom stereocenters. The molecule has 0 radical (unpaired) electrons. The second kappa shape index (κ2) is 6.99. The van der Waals surface area contributed by atoms with E-state index < -0.39 is 5.97 Å². The molecule has 0 amide bonds. The maximum atomic E-state index is 11.0. The van der Waals surface area contributed by atoms with Crippen molar-refractivity contribution in [3.8, 4) is 0 Å². The molecule has 1 N–H and O–H groups in total. The molecule has 0 aliphatic heterocycles. The fourth-order valence-corrected chi connectivity index (χ4v) is 4.01. The SMILES string of the molecule is C/C(=C/Cc1ccc(C(=O)O)cc1)c1ccc2c(c1)C(C)(C)CCC2(C)C. The van der Waals surface area contributed by atoms with Gasteiger partial charge >= 0.3 is 5.97 Å². The summed E-state index contributed by atoms with van der Waals surface area (Å²) in [5.41, 5.74) is 7.42. The van der Waals surface area contributed by atoms with E-state index in [0.717, 1.165) is 12.0 Å². The van der Waals surface area contributed by atoms with Crippen molar-refractivity contribution in [3.05, 3.63) is 76.4 Å². The number of hydrogen-bond acceptors (Lipinski definition) is 1. The second-order valence-electron chi connectivity index (χ2n) is 9.12. The van der Waals surface area contributed by atoms with E-state index in [1.807, 2.05) is 12.1 Å². The van der Waals surface area contributed by atoms with Crippen molar-refractivity contribution in [1.82, 2.24) is 0 Å². The Kier molecular flexibility index (Phi) is 5.03. The van der Waals surface area contributed by atoms with Crippen molar-refractivity contribution < 1.29 is 9.90 Å².